The van der Waals surface area contributed by atoms with Crippen LogP contribution in [-0.2, 0) is 11.2 Å². The third-order valence-corrected chi connectivity index (χ3v) is 4.80. The van der Waals surface area contributed by atoms with Crippen LogP contribution in [0, 0.1) is 6.92 Å². The number of piperidine rings is 1. The summed E-state index contributed by atoms with van der Waals surface area (Å²) in [5.74, 6) is 0.568. The van der Waals surface area contributed by atoms with Crippen molar-refractivity contribution < 1.29 is 4.79 Å². The summed E-state index contributed by atoms with van der Waals surface area (Å²) >= 11 is 1.73. The Morgan fingerprint density at radius 2 is 2.21 bits per heavy atom. The Balaban J connectivity index is 0.00000288. The molecule has 1 aliphatic rings. The number of rotatable bonds is 6. The SMILES string of the molecule is CN=C(NCCc1ncc(C)s1)NC1CCN(CC(N)=O)CC1.I. The molecule has 0 saturated carbocycles. The average molecular weight is 466 g/mol. The molecule has 0 aliphatic carbocycles. The molecule has 1 saturated heterocycles. The number of amides is 1. The molecule has 0 atom stereocenters. The van der Waals surface area contributed by atoms with E-state index in [4.69, 9.17) is 5.73 Å². The molecule has 0 aromatic carbocycles. The van der Waals surface area contributed by atoms with Crippen LogP contribution in [0.5, 0.6) is 0 Å². The van der Waals surface area contributed by atoms with Crippen LogP contribution >= 0.6 is 35.3 Å². The number of nitrogens with two attached hydrogens (primary N) is 1. The highest BCUT2D eigenvalue weighted by Gasteiger charge is 2.20. The number of carbonyl (C=O) groups excluding carboxylic acids is 1. The van der Waals surface area contributed by atoms with Crippen LogP contribution in [0.1, 0.15) is 22.7 Å². The fourth-order valence-electron chi connectivity index (χ4n) is 2.65. The lowest BCUT2D eigenvalue weighted by Crippen LogP contribution is -2.50. The van der Waals surface area contributed by atoms with Crippen LogP contribution in [0.25, 0.3) is 0 Å². The summed E-state index contributed by atoms with van der Waals surface area (Å²) in [5.41, 5.74) is 5.23. The minimum absolute atomic E-state index is 0. The van der Waals surface area contributed by atoms with Crippen molar-refractivity contribution >= 4 is 47.2 Å². The number of thiazole rings is 1. The number of hydrogen-bond acceptors (Lipinski definition) is 5. The van der Waals surface area contributed by atoms with E-state index in [1.165, 1.54) is 4.88 Å². The molecular weight excluding hydrogens is 439 g/mol. The molecule has 9 heteroatoms. The van der Waals surface area contributed by atoms with Gasteiger partial charge in [-0.25, -0.2) is 4.98 Å². The molecule has 1 aliphatic heterocycles. The van der Waals surface area contributed by atoms with E-state index in [9.17, 15) is 4.79 Å². The Morgan fingerprint density at radius 3 is 2.75 bits per heavy atom. The van der Waals surface area contributed by atoms with Gasteiger partial charge in [-0.3, -0.25) is 14.7 Å². The summed E-state index contributed by atoms with van der Waals surface area (Å²) in [6.07, 6.45) is 4.78. The van der Waals surface area contributed by atoms with Gasteiger partial charge in [0, 0.05) is 50.2 Å². The lowest BCUT2D eigenvalue weighted by molar-refractivity contribution is -0.119. The van der Waals surface area contributed by atoms with Gasteiger partial charge in [0.1, 0.15) is 0 Å². The van der Waals surface area contributed by atoms with Gasteiger partial charge < -0.3 is 16.4 Å². The first-order valence-electron chi connectivity index (χ1n) is 7.96. The predicted octanol–water partition coefficient (Wildman–Crippen LogP) is 0.727. The van der Waals surface area contributed by atoms with Crippen molar-refractivity contribution in [3.05, 3.63) is 16.1 Å². The second-order valence-electron chi connectivity index (χ2n) is 5.77. The summed E-state index contributed by atoms with van der Waals surface area (Å²) in [5, 5.41) is 7.93. The van der Waals surface area contributed by atoms with E-state index < -0.39 is 0 Å². The smallest absolute Gasteiger partial charge is 0.231 e. The molecule has 1 fully saturated rings. The number of nitrogens with zero attached hydrogens (tertiary/aromatic N) is 3. The van der Waals surface area contributed by atoms with Gasteiger partial charge in [0.15, 0.2) is 5.96 Å². The number of carbonyl (C=O) groups is 1. The number of nitrogens with one attached hydrogen (secondary N) is 2. The molecule has 0 bridgehead atoms. The number of aryl methyl sites for hydroxylation is 1. The zero-order chi connectivity index (χ0) is 16.7. The van der Waals surface area contributed by atoms with Gasteiger partial charge in [-0.05, 0) is 19.8 Å². The lowest BCUT2D eigenvalue weighted by atomic mass is 10.1. The highest BCUT2D eigenvalue weighted by Crippen LogP contribution is 2.11. The zero-order valence-electron chi connectivity index (χ0n) is 14.2. The molecule has 1 aromatic heterocycles. The molecule has 1 amide bonds. The number of likely N-dealkylation sites (tertiary alicyclic amines) is 1. The summed E-state index contributed by atoms with van der Waals surface area (Å²) in [6, 6.07) is 0.382. The third kappa shape index (κ3) is 7.31. The van der Waals surface area contributed by atoms with Crippen LogP contribution in [0.2, 0.25) is 0 Å². The Morgan fingerprint density at radius 1 is 1.50 bits per heavy atom. The number of guanidine groups is 1. The molecule has 1 aromatic rings. The Bertz CT molecular complexity index is 542. The van der Waals surface area contributed by atoms with Gasteiger partial charge in [-0.15, -0.1) is 35.3 Å². The molecule has 24 heavy (non-hydrogen) atoms. The molecule has 2 rings (SSSR count). The minimum atomic E-state index is -0.258. The third-order valence-electron chi connectivity index (χ3n) is 3.83. The van der Waals surface area contributed by atoms with Crippen molar-refractivity contribution in [3.8, 4) is 0 Å². The van der Waals surface area contributed by atoms with Crippen molar-refractivity contribution in [1.82, 2.24) is 20.5 Å². The molecular formula is C15H27IN6OS. The van der Waals surface area contributed by atoms with Gasteiger partial charge in [0.2, 0.25) is 5.91 Å². The second-order valence-corrected chi connectivity index (χ2v) is 7.09. The van der Waals surface area contributed by atoms with Gasteiger partial charge in [-0.2, -0.15) is 0 Å². The van der Waals surface area contributed by atoms with Crippen molar-refractivity contribution in [2.24, 2.45) is 10.7 Å². The maximum Gasteiger partial charge on any atom is 0.231 e. The number of hydrogen-bond donors (Lipinski definition) is 3. The molecule has 4 N–H and O–H groups in total. The normalized spacial score (nSPS) is 16.5. The fourth-order valence-corrected chi connectivity index (χ4v) is 3.44. The minimum Gasteiger partial charge on any atom is -0.369 e. The maximum absolute atomic E-state index is 10.9. The molecule has 136 valence electrons. The maximum atomic E-state index is 10.9. The van der Waals surface area contributed by atoms with E-state index in [2.05, 4.69) is 32.4 Å². The number of aromatic nitrogens is 1. The first-order chi connectivity index (χ1) is 11.1. The highest BCUT2D eigenvalue weighted by molar-refractivity contribution is 14.0. The Labute approximate surface area is 164 Å². The quantitative estimate of drug-likeness (QED) is 0.327. The molecule has 2 heterocycles. The zero-order valence-corrected chi connectivity index (χ0v) is 17.4. The first-order valence-corrected chi connectivity index (χ1v) is 8.77. The van der Waals surface area contributed by atoms with E-state index in [1.807, 2.05) is 6.20 Å². The van der Waals surface area contributed by atoms with Crippen molar-refractivity contribution in [2.45, 2.75) is 32.2 Å². The monoisotopic (exact) mass is 466 g/mol. The van der Waals surface area contributed by atoms with Crippen molar-refractivity contribution in [1.29, 1.82) is 0 Å². The highest BCUT2D eigenvalue weighted by atomic mass is 127. The first kappa shape index (κ1) is 21.1. The van der Waals surface area contributed by atoms with Crippen LogP contribution in [0.3, 0.4) is 0 Å². The summed E-state index contributed by atoms with van der Waals surface area (Å²) in [4.78, 5) is 22.9. The van der Waals surface area contributed by atoms with Crippen LogP contribution in [-0.4, -0.2) is 61.0 Å². The summed E-state index contributed by atoms with van der Waals surface area (Å²) in [6.45, 7) is 5.01. The number of primary amides is 1. The Kier molecular flexibility index (Phi) is 9.52. The predicted molar refractivity (Wildman–Crippen MR) is 109 cm³/mol. The van der Waals surface area contributed by atoms with Crippen molar-refractivity contribution in [3.63, 3.8) is 0 Å². The molecule has 0 spiro atoms. The number of halogens is 1. The fraction of sp³-hybridized carbons (Fsp3) is 0.667. The van der Waals surface area contributed by atoms with E-state index in [1.54, 1.807) is 18.4 Å². The summed E-state index contributed by atoms with van der Waals surface area (Å²) in [7, 11) is 1.78. The second kappa shape index (κ2) is 10.8. The van der Waals surface area contributed by atoms with Crippen molar-refractivity contribution in [2.75, 3.05) is 33.2 Å². The number of aliphatic imine (C=N–C) groups is 1. The van der Waals surface area contributed by atoms with Gasteiger partial charge in [0.05, 0.1) is 11.6 Å². The van der Waals surface area contributed by atoms with Crippen LogP contribution in [0.15, 0.2) is 11.2 Å². The summed E-state index contributed by atoms with van der Waals surface area (Å²) < 4.78 is 0. The molecule has 0 radical (unpaired) electrons. The van der Waals surface area contributed by atoms with E-state index >= 15 is 0 Å². The van der Waals surface area contributed by atoms with Gasteiger partial charge in [-0.1, -0.05) is 0 Å². The topological polar surface area (TPSA) is 95.6 Å². The van der Waals surface area contributed by atoms with Gasteiger partial charge >= 0.3 is 0 Å². The van der Waals surface area contributed by atoms with E-state index in [0.29, 0.717) is 12.6 Å². The van der Waals surface area contributed by atoms with E-state index in [-0.39, 0.29) is 29.9 Å². The lowest BCUT2D eigenvalue weighted by Gasteiger charge is -2.32. The average Bonchev–Trinajstić information content (AvgIpc) is 2.93. The van der Waals surface area contributed by atoms with Crippen LogP contribution < -0.4 is 16.4 Å². The molecule has 7 nitrogen and oxygen atoms in total. The largest absolute Gasteiger partial charge is 0.369 e. The Hall–Kier alpha value is -0.940. The van der Waals surface area contributed by atoms with Gasteiger partial charge in [0.25, 0.3) is 0 Å². The van der Waals surface area contributed by atoms with Crippen LogP contribution in [0.4, 0.5) is 0 Å². The molecule has 0 unspecified atom stereocenters. The standard InChI is InChI=1S/C15H26N6OS.HI/c1-11-9-19-14(23-11)3-6-18-15(17-2)20-12-4-7-21(8-5-12)10-13(16)22;/h9,12H,3-8,10H2,1-2H3,(H2,16,22)(H2,17,18,20);1H. The van der Waals surface area contributed by atoms with E-state index in [0.717, 1.165) is 49.9 Å².